The third-order valence-corrected chi connectivity index (χ3v) is 3.24. The lowest BCUT2D eigenvalue weighted by Gasteiger charge is -2.19. The second-order valence-electron chi connectivity index (χ2n) is 6.49. The molecule has 0 fully saturated rings. The lowest BCUT2D eigenvalue weighted by molar-refractivity contribution is -0.127. The van der Waals surface area contributed by atoms with Gasteiger partial charge in [0.1, 0.15) is 24.2 Å². The van der Waals surface area contributed by atoms with E-state index in [1.165, 1.54) is 17.0 Å². The van der Waals surface area contributed by atoms with Gasteiger partial charge in [-0.25, -0.2) is 9.38 Å². The van der Waals surface area contributed by atoms with Crippen molar-refractivity contribution in [3.05, 3.63) is 30.1 Å². The summed E-state index contributed by atoms with van der Waals surface area (Å²) < 4.78 is 18.9. The SMILES string of the molecule is CC(C)CNC(=NCC(=O)N(C)C)NCC(C)Oc1cccc(F)c1.I. The minimum absolute atomic E-state index is 0. The summed E-state index contributed by atoms with van der Waals surface area (Å²) in [6.45, 7) is 7.33. The van der Waals surface area contributed by atoms with E-state index in [0.29, 0.717) is 24.2 Å². The molecular weight excluding hydrogens is 450 g/mol. The quantitative estimate of drug-likeness (QED) is 0.341. The number of benzene rings is 1. The molecule has 1 rings (SSSR count). The van der Waals surface area contributed by atoms with Gasteiger partial charge in [0.15, 0.2) is 5.96 Å². The highest BCUT2D eigenvalue weighted by atomic mass is 127. The fourth-order valence-electron chi connectivity index (χ4n) is 1.82. The molecule has 148 valence electrons. The number of amides is 1. The predicted octanol–water partition coefficient (Wildman–Crippen LogP) is 2.49. The zero-order chi connectivity index (χ0) is 18.8. The molecule has 26 heavy (non-hydrogen) atoms. The first kappa shape index (κ1) is 24.4. The van der Waals surface area contributed by atoms with Crippen molar-refractivity contribution in [2.75, 3.05) is 33.7 Å². The molecule has 1 amide bonds. The molecule has 0 radical (unpaired) electrons. The van der Waals surface area contributed by atoms with E-state index in [4.69, 9.17) is 4.74 Å². The van der Waals surface area contributed by atoms with Crippen LogP contribution in [0.1, 0.15) is 20.8 Å². The maximum atomic E-state index is 13.2. The number of nitrogens with zero attached hydrogens (tertiary/aromatic N) is 2. The molecule has 2 N–H and O–H groups in total. The normalized spacial score (nSPS) is 12.2. The zero-order valence-electron chi connectivity index (χ0n) is 16.1. The van der Waals surface area contributed by atoms with Gasteiger partial charge in [0, 0.05) is 26.7 Å². The average molecular weight is 480 g/mol. The van der Waals surface area contributed by atoms with Crippen LogP contribution < -0.4 is 15.4 Å². The van der Waals surface area contributed by atoms with Crippen LogP contribution in [0.4, 0.5) is 4.39 Å². The molecule has 8 heteroatoms. The lowest BCUT2D eigenvalue weighted by atomic mass is 10.2. The number of rotatable bonds is 8. The summed E-state index contributed by atoms with van der Waals surface area (Å²) in [5, 5.41) is 6.35. The van der Waals surface area contributed by atoms with Crippen LogP contribution >= 0.6 is 24.0 Å². The first-order valence-corrected chi connectivity index (χ1v) is 8.42. The molecule has 0 heterocycles. The Morgan fingerprint density at radius 3 is 2.46 bits per heavy atom. The Hall–Kier alpha value is -1.58. The van der Waals surface area contributed by atoms with Gasteiger partial charge in [-0.1, -0.05) is 19.9 Å². The second kappa shape index (κ2) is 12.7. The number of guanidine groups is 1. The number of carbonyl (C=O) groups excluding carboxylic acids is 1. The van der Waals surface area contributed by atoms with E-state index in [1.54, 1.807) is 26.2 Å². The van der Waals surface area contributed by atoms with Crippen LogP contribution in [-0.2, 0) is 4.79 Å². The number of hydrogen-bond donors (Lipinski definition) is 2. The highest BCUT2D eigenvalue weighted by Gasteiger charge is 2.09. The average Bonchev–Trinajstić information content (AvgIpc) is 2.53. The summed E-state index contributed by atoms with van der Waals surface area (Å²) in [5.41, 5.74) is 0. The van der Waals surface area contributed by atoms with Crippen molar-refractivity contribution in [2.24, 2.45) is 10.9 Å². The van der Waals surface area contributed by atoms with Gasteiger partial charge in [-0.2, -0.15) is 0 Å². The second-order valence-corrected chi connectivity index (χ2v) is 6.49. The van der Waals surface area contributed by atoms with Crippen LogP contribution in [0.3, 0.4) is 0 Å². The van der Waals surface area contributed by atoms with Crippen molar-refractivity contribution in [1.29, 1.82) is 0 Å². The molecule has 1 unspecified atom stereocenters. The third-order valence-electron chi connectivity index (χ3n) is 3.24. The zero-order valence-corrected chi connectivity index (χ0v) is 18.4. The molecule has 0 bridgehead atoms. The van der Waals surface area contributed by atoms with Crippen LogP contribution in [-0.4, -0.2) is 56.6 Å². The number of carbonyl (C=O) groups is 1. The first-order valence-electron chi connectivity index (χ1n) is 8.42. The molecule has 0 aliphatic rings. The molecule has 0 aliphatic carbocycles. The van der Waals surface area contributed by atoms with E-state index in [1.807, 2.05) is 6.92 Å². The number of likely N-dealkylation sites (N-methyl/N-ethyl adjacent to an activating group) is 1. The number of ether oxygens (including phenoxy) is 1. The molecule has 6 nitrogen and oxygen atoms in total. The summed E-state index contributed by atoms with van der Waals surface area (Å²) in [6, 6.07) is 6.03. The van der Waals surface area contributed by atoms with Crippen LogP contribution in [0.5, 0.6) is 5.75 Å². The van der Waals surface area contributed by atoms with E-state index in [0.717, 1.165) is 6.54 Å². The van der Waals surface area contributed by atoms with Crippen molar-refractivity contribution < 1.29 is 13.9 Å². The Bertz CT molecular complexity index is 582. The highest BCUT2D eigenvalue weighted by molar-refractivity contribution is 14.0. The predicted molar refractivity (Wildman–Crippen MR) is 114 cm³/mol. The van der Waals surface area contributed by atoms with Gasteiger partial charge in [-0.3, -0.25) is 4.79 Å². The topological polar surface area (TPSA) is 66.0 Å². The number of nitrogens with one attached hydrogen (secondary N) is 2. The first-order chi connectivity index (χ1) is 11.8. The fraction of sp³-hybridized carbons (Fsp3) is 0.556. The van der Waals surface area contributed by atoms with Gasteiger partial charge in [0.2, 0.25) is 5.91 Å². The third kappa shape index (κ3) is 10.4. The smallest absolute Gasteiger partial charge is 0.243 e. The Labute approximate surface area is 172 Å². The Morgan fingerprint density at radius 1 is 1.23 bits per heavy atom. The fourth-order valence-corrected chi connectivity index (χ4v) is 1.82. The minimum Gasteiger partial charge on any atom is -0.489 e. The van der Waals surface area contributed by atoms with Crippen molar-refractivity contribution in [3.8, 4) is 5.75 Å². The highest BCUT2D eigenvalue weighted by Crippen LogP contribution is 2.13. The summed E-state index contributed by atoms with van der Waals surface area (Å²) in [4.78, 5) is 17.5. The van der Waals surface area contributed by atoms with Crippen LogP contribution in [0, 0.1) is 11.7 Å². The van der Waals surface area contributed by atoms with Crippen molar-refractivity contribution in [2.45, 2.75) is 26.9 Å². The number of aliphatic imine (C=N–C) groups is 1. The van der Waals surface area contributed by atoms with Gasteiger partial charge in [-0.05, 0) is 25.0 Å². The van der Waals surface area contributed by atoms with Gasteiger partial charge in [-0.15, -0.1) is 24.0 Å². The van der Waals surface area contributed by atoms with E-state index in [-0.39, 0.29) is 48.3 Å². The maximum absolute atomic E-state index is 13.2. The summed E-state index contributed by atoms with van der Waals surface area (Å²) in [7, 11) is 3.39. The largest absolute Gasteiger partial charge is 0.489 e. The molecule has 0 aromatic heterocycles. The molecule has 1 aromatic rings. The van der Waals surface area contributed by atoms with Crippen LogP contribution in [0.2, 0.25) is 0 Å². The standard InChI is InChI=1S/C18H29FN4O2.HI/c1-13(2)10-20-18(22-12-17(24)23(4)5)21-11-14(3)25-16-8-6-7-15(19)9-16;/h6-9,13-14H,10-12H2,1-5H3,(H2,20,21,22);1H. The maximum Gasteiger partial charge on any atom is 0.243 e. The summed E-state index contributed by atoms with van der Waals surface area (Å²) in [6.07, 6.45) is -0.197. The number of halogens is 2. The molecular formula is C18H30FIN4O2. The van der Waals surface area contributed by atoms with E-state index < -0.39 is 0 Å². The Morgan fingerprint density at radius 2 is 1.88 bits per heavy atom. The molecule has 1 aromatic carbocycles. The van der Waals surface area contributed by atoms with Gasteiger partial charge in [0.25, 0.3) is 0 Å². The minimum atomic E-state index is -0.333. The molecule has 0 aliphatic heterocycles. The lowest BCUT2D eigenvalue weighted by Crippen LogP contribution is -2.43. The molecule has 1 atom stereocenters. The van der Waals surface area contributed by atoms with Crippen molar-refractivity contribution >= 4 is 35.8 Å². The summed E-state index contributed by atoms with van der Waals surface area (Å²) >= 11 is 0. The Kier molecular flexibility index (Phi) is 11.9. The Balaban J connectivity index is 0.00000625. The molecule has 0 spiro atoms. The van der Waals surface area contributed by atoms with Crippen molar-refractivity contribution in [3.63, 3.8) is 0 Å². The van der Waals surface area contributed by atoms with Gasteiger partial charge < -0.3 is 20.3 Å². The summed E-state index contributed by atoms with van der Waals surface area (Å²) in [5.74, 6) is 1.07. The van der Waals surface area contributed by atoms with Crippen LogP contribution in [0.15, 0.2) is 29.3 Å². The van der Waals surface area contributed by atoms with Crippen molar-refractivity contribution in [1.82, 2.24) is 15.5 Å². The molecule has 0 saturated carbocycles. The van der Waals surface area contributed by atoms with E-state index in [2.05, 4.69) is 29.5 Å². The van der Waals surface area contributed by atoms with Gasteiger partial charge >= 0.3 is 0 Å². The van der Waals surface area contributed by atoms with Crippen LogP contribution in [0.25, 0.3) is 0 Å². The molecule has 0 saturated heterocycles. The number of hydrogen-bond acceptors (Lipinski definition) is 3. The van der Waals surface area contributed by atoms with E-state index >= 15 is 0 Å². The van der Waals surface area contributed by atoms with Gasteiger partial charge in [0.05, 0.1) is 6.54 Å². The monoisotopic (exact) mass is 480 g/mol. The van der Waals surface area contributed by atoms with E-state index in [9.17, 15) is 9.18 Å².